The maximum atomic E-state index is 13.9. The Bertz CT molecular complexity index is 1330. The number of carbonyl (C=O) groups excluding carboxylic acids is 4. The summed E-state index contributed by atoms with van der Waals surface area (Å²) in [6.45, 7) is 14.0. The molecule has 0 unspecified atom stereocenters. The SMILES string of the molecule is CC[C@H]1OC(=O)[C@H](C)C(=O)[C@H](C)C[C@@H](C)C[C@@H](C)C(=O)[C@H](C)[C@H]2N(CCCCn3cnc(-c4cccnc4)c3)C(=O)O[C@]12C. The van der Waals surface area contributed by atoms with E-state index in [1.54, 1.807) is 37.5 Å². The topological polar surface area (TPSA) is 121 Å². The quantitative estimate of drug-likeness (QED) is 0.222. The number of rotatable bonds is 7. The number of cyclic esters (lactones) is 1. The molecule has 0 aliphatic carbocycles. The molecular formula is C34H48N4O6. The normalized spacial score (nSPS) is 32.2. The molecule has 10 nitrogen and oxygen atoms in total. The van der Waals surface area contributed by atoms with Crippen LogP contribution in [-0.2, 0) is 30.4 Å². The number of ether oxygens (including phenoxy) is 2. The molecule has 0 bridgehead atoms. The zero-order chi connectivity index (χ0) is 32.2. The molecule has 2 aliphatic rings. The Morgan fingerprint density at radius 2 is 1.66 bits per heavy atom. The number of unbranched alkanes of at least 4 members (excludes halogenated alkanes) is 1. The Morgan fingerprint density at radius 1 is 0.977 bits per heavy atom. The van der Waals surface area contributed by atoms with Crippen molar-refractivity contribution >= 4 is 23.6 Å². The first-order valence-corrected chi connectivity index (χ1v) is 16.1. The number of aromatic nitrogens is 3. The lowest BCUT2D eigenvalue weighted by Gasteiger charge is -2.40. The molecule has 0 radical (unpaired) electrons. The summed E-state index contributed by atoms with van der Waals surface area (Å²) in [7, 11) is 0. The summed E-state index contributed by atoms with van der Waals surface area (Å²) >= 11 is 0. The van der Waals surface area contributed by atoms with Crippen LogP contribution >= 0.6 is 0 Å². The summed E-state index contributed by atoms with van der Waals surface area (Å²) in [5, 5.41) is 0. The molecule has 2 saturated heterocycles. The molecule has 0 spiro atoms. The van der Waals surface area contributed by atoms with Gasteiger partial charge in [-0.2, -0.15) is 0 Å². The van der Waals surface area contributed by atoms with Crippen LogP contribution < -0.4 is 0 Å². The predicted molar refractivity (Wildman–Crippen MR) is 165 cm³/mol. The largest absolute Gasteiger partial charge is 0.458 e. The first-order chi connectivity index (χ1) is 20.9. The molecule has 2 fully saturated rings. The van der Waals surface area contributed by atoms with Crippen LogP contribution in [0.25, 0.3) is 11.3 Å². The second-order valence-corrected chi connectivity index (χ2v) is 13.2. The van der Waals surface area contributed by atoms with Crippen molar-refractivity contribution < 1.29 is 28.7 Å². The number of carbonyl (C=O) groups is 4. The van der Waals surface area contributed by atoms with Crippen LogP contribution in [-0.4, -0.2) is 67.4 Å². The molecule has 44 heavy (non-hydrogen) atoms. The van der Waals surface area contributed by atoms with Crippen LogP contribution in [0.4, 0.5) is 4.79 Å². The lowest BCUT2D eigenvalue weighted by Crippen LogP contribution is -2.57. The van der Waals surface area contributed by atoms with Crippen molar-refractivity contribution in [1.82, 2.24) is 19.4 Å². The Morgan fingerprint density at radius 3 is 2.32 bits per heavy atom. The van der Waals surface area contributed by atoms with E-state index in [0.717, 1.165) is 17.7 Å². The summed E-state index contributed by atoms with van der Waals surface area (Å²) in [6.07, 6.45) is 8.97. The Labute approximate surface area is 260 Å². The highest BCUT2D eigenvalue weighted by Crippen LogP contribution is 2.41. The number of Topliss-reactive ketones (excluding diaryl/α,β-unsaturated/α-hetero) is 2. The van der Waals surface area contributed by atoms with E-state index in [2.05, 4.69) is 9.97 Å². The summed E-state index contributed by atoms with van der Waals surface area (Å²) in [6, 6.07) is 3.21. The molecule has 8 atom stereocenters. The molecule has 2 aliphatic heterocycles. The van der Waals surface area contributed by atoms with Gasteiger partial charge < -0.3 is 18.9 Å². The molecule has 4 rings (SSSR count). The van der Waals surface area contributed by atoms with E-state index in [0.29, 0.717) is 38.8 Å². The fourth-order valence-corrected chi connectivity index (χ4v) is 7.24. The maximum absolute atomic E-state index is 13.9. The number of imidazole rings is 1. The average Bonchev–Trinajstić information content (AvgIpc) is 3.58. The highest BCUT2D eigenvalue weighted by atomic mass is 16.6. The fourth-order valence-electron chi connectivity index (χ4n) is 7.24. The number of nitrogens with zero attached hydrogens (tertiary/aromatic N) is 4. The van der Waals surface area contributed by atoms with Crippen LogP contribution in [0.3, 0.4) is 0 Å². The number of pyridine rings is 1. The monoisotopic (exact) mass is 608 g/mol. The van der Waals surface area contributed by atoms with Crippen molar-refractivity contribution in [1.29, 1.82) is 0 Å². The van der Waals surface area contributed by atoms with Gasteiger partial charge in [-0.3, -0.25) is 19.4 Å². The van der Waals surface area contributed by atoms with Gasteiger partial charge in [0.05, 0.1) is 18.1 Å². The number of aryl methyl sites for hydroxylation is 1. The average molecular weight is 609 g/mol. The van der Waals surface area contributed by atoms with Crippen molar-refractivity contribution in [3.05, 3.63) is 37.1 Å². The number of esters is 1. The van der Waals surface area contributed by atoms with Crippen molar-refractivity contribution in [3.63, 3.8) is 0 Å². The first-order valence-electron chi connectivity index (χ1n) is 16.1. The van der Waals surface area contributed by atoms with Crippen molar-refractivity contribution in [2.75, 3.05) is 6.54 Å². The predicted octanol–water partition coefficient (Wildman–Crippen LogP) is 5.74. The van der Waals surface area contributed by atoms with Crippen LogP contribution in [0, 0.1) is 29.6 Å². The molecular weight excluding hydrogens is 560 g/mol. The van der Waals surface area contributed by atoms with E-state index in [1.807, 2.05) is 57.5 Å². The summed E-state index contributed by atoms with van der Waals surface area (Å²) in [5.41, 5.74) is 0.530. The second-order valence-electron chi connectivity index (χ2n) is 13.2. The van der Waals surface area contributed by atoms with E-state index in [4.69, 9.17) is 9.47 Å². The lowest BCUT2D eigenvalue weighted by atomic mass is 9.75. The molecule has 10 heteroatoms. The highest BCUT2D eigenvalue weighted by molar-refractivity contribution is 5.99. The number of hydrogen-bond acceptors (Lipinski definition) is 8. The van der Waals surface area contributed by atoms with E-state index in [-0.39, 0.29) is 29.3 Å². The second kappa shape index (κ2) is 14.0. The molecule has 0 N–H and O–H groups in total. The van der Waals surface area contributed by atoms with Gasteiger partial charge in [0.1, 0.15) is 23.6 Å². The maximum Gasteiger partial charge on any atom is 0.410 e. The standard InChI is InChI=1S/C34H48N4O6/c1-8-28-34(7)31(24(5)29(39)22(3)16-21(2)17-23(4)30(40)25(6)32(41)43-28)38(33(42)44-34)15-10-9-14-37-19-27(36-20-37)26-12-11-13-35-18-26/h11-13,18-25,28,31H,8-10,14-17H2,1-7H3/t21-,22+,23+,24-,25+,28+,31+,34+/m0/s1. The van der Waals surface area contributed by atoms with Gasteiger partial charge in [-0.15, -0.1) is 0 Å². The Kier molecular flexibility index (Phi) is 10.6. The lowest BCUT2D eigenvalue weighted by molar-refractivity contribution is -0.171. The third kappa shape index (κ3) is 7.05. The summed E-state index contributed by atoms with van der Waals surface area (Å²) in [4.78, 5) is 64.1. The molecule has 2 aromatic rings. The smallest absolute Gasteiger partial charge is 0.410 e. The van der Waals surface area contributed by atoms with E-state index < -0.39 is 41.6 Å². The molecule has 4 heterocycles. The van der Waals surface area contributed by atoms with Crippen LogP contribution in [0.2, 0.25) is 0 Å². The first kappa shape index (κ1) is 33.3. The van der Waals surface area contributed by atoms with Crippen molar-refractivity contribution in [2.45, 2.75) is 105 Å². The van der Waals surface area contributed by atoms with E-state index in [1.165, 1.54) is 0 Å². The van der Waals surface area contributed by atoms with Gasteiger partial charge in [-0.05, 0) is 64.0 Å². The Hall–Kier alpha value is -3.56. The summed E-state index contributed by atoms with van der Waals surface area (Å²) < 4.78 is 14.0. The van der Waals surface area contributed by atoms with Crippen molar-refractivity contribution in [2.24, 2.45) is 29.6 Å². The van der Waals surface area contributed by atoms with Crippen LogP contribution in [0.15, 0.2) is 37.1 Å². The number of fused-ring (bicyclic) bond motifs is 1. The Balaban J connectivity index is 1.54. The van der Waals surface area contributed by atoms with Crippen LogP contribution in [0.1, 0.15) is 80.6 Å². The van der Waals surface area contributed by atoms with Gasteiger partial charge in [0.15, 0.2) is 5.60 Å². The number of ketones is 2. The van der Waals surface area contributed by atoms with Gasteiger partial charge in [0.25, 0.3) is 0 Å². The van der Waals surface area contributed by atoms with Gasteiger partial charge in [-0.1, -0.05) is 34.6 Å². The van der Waals surface area contributed by atoms with Gasteiger partial charge in [0, 0.05) is 55.0 Å². The number of amides is 1. The molecule has 2 aromatic heterocycles. The van der Waals surface area contributed by atoms with E-state index >= 15 is 0 Å². The molecule has 0 saturated carbocycles. The minimum atomic E-state index is -1.26. The minimum absolute atomic E-state index is 0.0447. The van der Waals surface area contributed by atoms with Crippen molar-refractivity contribution in [3.8, 4) is 11.3 Å². The van der Waals surface area contributed by atoms with E-state index in [9.17, 15) is 19.2 Å². The van der Waals surface area contributed by atoms with Gasteiger partial charge >= 0.3 is 12.1 Å². The third-order valence-electron chi connectivity index (χ3n) is 9.58. The zero-order valence-corrected chi connectivity index (χ0v) is 27.2. The fraction of sp³-hybridized carbons (Fsp3) is 0.647. The number of hydrogen-bond donors (Lipinski definition) is 0. The zero-order valence-electron chi connectivity index (χ0n) is 27.2. The molecule has 1 amide bonds. The molecule has 240 valence electrons. The van der Waals surface area contributed by atoms with Gasteiger partial charge in [0.2, 0.25) is 0 Å². The van der Waals surface area contributed by atoms with Crippen LogP contribution in [0.5, 0.6) is 0 Å². The molecule has 0 aromatic carbocycles. The van der Waals surface area contributed by atoms with Gasteiger partial charge in [-0.25, -0.2) is 9.78 Å². The third-order valence-corrected chi connectivity index (χ3v) is 9.58. The summed E-state index contributed by atoms with van der Waals surface area (Å²) in [5.74, 6) is -2.70. The highest BCUT2D eigenvalue weighted by Gasteiger charge is 2.59. The minimum Gasteiger partial charge on any atom is -0.458 e.